The molecule has 2 aromatic rings. The van der Waals surface area contributed by atoms with Crippen molar-refractivity contribution in [1.29, 1.82) is 0 Å². The van der Waals surface area contributed by atoms with E-state index in [9.17, 15) is 4.79 Å². The molecule has 0 aliphatic heterocycles. The van der Waals surface area contributed by atoms with Gasteiger partial charge in [-0.25, -0.2) is 0 Å². The third-order valence-electron chi connectivity index (χ3n) is 3.37. The lowest BCUT2D eigenvalue weighted by molar-refractivity contribution is -0.111. The topological polar surface area (TPSA) is 29.1 Å². The molecule has 0 saturated heterocycles. The number of anilines is 1. The first-order valence-electron chi connectivity index (χ1n) is 7.26. The third kappa shape index (κ3) is 3.82. The van der Waals surface area contributed by atoms with Crippen molar-refractivity contribution < 1.29 is 4.79 Å². The molecule has 0 aliphatic carbocycles. The fourth-order valence-corrected chi connectivity index (χ4v) is 2.31. The molecule has 0 atom stereocenters. The van der Waals surface area contributed by atoms with Crippen molar-refractivity contribution in [1.82, 2.24) is 0 Å². The van der Waals surface area contributed by atoms with Crippen molar-refractivity contribution in [2.75, 3.05) is 5.32 Å². The van der Waals surface area contributed by atoms with E-state index in [-0.39, 0.29) is 5.91 Å². The molecule has 2 rings (SSSR count). The first-order valence-corrected chi connectivity index (χ1v) is 7.26. The second kappa shape index (κ2) is 6.89. The van der Waals surface area contributed by atoms with Gasteiger partial charge in [0.15, 0.2) is 0 Å². The Labute approximate surface area is 126 Å². The van der Waals surface area contributed by atoms with Gasteiger partial charge < -0.3 is 5.32 Å². The zero-order chi connectivity index (χ0) is 15.2. The van der Waals surface area contributed by atoms with Crippen LogP contribution in [0, 0.1) is 13.8 Å². The Kier molecular flexibility index (Phi) is 4.94. The first-order chi connectivity index (χ1) is 10.1. The second-order valence-electron chi connectivity index (χ2n) is 5.16. The van der Waals surface area contributed by atoms with E-state index in [4.69, 9.17) is 0 Å². The van der Waals surface area contributed by atoms with Gasteiger partial charge in [-0.3, -0.25) is 4.79 Å². The van der Waals surface area contributed by atoms with E-state index in [1.807, 2.05) is 69.3 Å². The van der Waals surface area contributed by atoms with Crippen LogP contribution >= 0.6 is 0 Å². The van der Waals surface area contributed by atoms with Gasteiger partial charge in [0.2, 0.25) is 0 Å². The molecule has 0 bridgehead atoms. The lowest BCUT2D eigenvalue weighted by Gasteiger charge is -2.12. The van der Waals surface area contributed by atoms with Crippen molar-refractivity contribution in [2.24, 2.45) is 0 Å². The molecule has 0 unspecified atom stereocenters. The van der Waals surface area contributed by atoms with E-state index in [1.54, 1.807) is 0 Å². The third-order valence-corrected chi connectivity index (χ3v) is 3.37. The summed E-state index contributed by atoms with van der Waals surface area (Å²) in [6.07, 6.45) is 2.79. The van der Waals surface area contributed by atoms with E-state index >= 15 is 0 Å². The van der Waals surface area contributed by atoms with Crippen LogP contribution < -0.4 is 5.32 Å². The molecule has 0 heterocycles. The number of amides is 1. The minimum absolute atomic E-state index is 0.0602. The van der Waals surface area contributed by atoms with Crippen molar-refractivity contribution >= 4 is 17.2 Å². The van der Waals surface area contributed by atoms with Crippen LogP contribution in [0.1, 0.15) is 30.0 Å². The molecule has 0 spiro atoms. The van der Waals surface area contributed by atoms with E-state index in [1.165, 1.54) is 5.56 Å². The summed E-state index contributed by atoms with van der Waals surface area (Å²) >= 11 is 0. The highest BCUT2D eigenvalue weighted by Crippen LogP contribution is 2.21. The number of benzene rings is 2. The van der Waals surface area contributed by atoms with E-state index in [0.717, 1.165) is 28.8 Å². The average molecular weight is 279 g/mol. The lowest BCUT2D eigenvalue weighted by atomic mass is 10.0. The monoisotopic (exact) mass is 279 g/mol. The highest BCUT2D eigenvalue weighted by molar-refractivity contribution is 6.25. The zero-order valence-electron chi connectivity index (χ0n) is 12.8. The minimum Gasteiger partial charge on any atom is -0.322 e. The number of hydrogen-bond acceptors (Lipinski definition) is 1. The van der Waals surface area contributed by atoms with Gasteiger partial charge in [-0.2, -0.15) is 0 Å². The first kappa shape index (κ1) is 15.0. The molecule has 2 heteroatoms. The van der Waals surface area contributed by atoms with Gasteiger partial charge in [0, 0.05) is 11.3 Å². The van der Waals surface area contributed by atoms with Crippen LogP contribution in [0.2, 0.25) is 0 Å². The van der Waals surface area contributed by atoms with Gasteiger partial charge in [0.25, 0.3) is 5.91 Å². The van der Waals surface area contributed by atoms with Crippen LogP contribution in [0.4, 0.5) is 5.69 Å². The second-order valence-corrected chi connectivity index (χ2v) is 5.16. The molecule has 0 aromatic heterocycles. The molecule has 21 heavy (non-hydrogen) atoms. The highest BCUT2D eigenvalue weighted by Gasteiger charge is 2.12. The van der Waals surface area contributed by atoms with Crippen LogP contribution in [0.3, 0.4) is 0 Å². The smallest absolute Gasteiger partial charge is 0.255 e. The molecular weight excluding hydrogens is 258 g/mol. The summed E-state index contributed by atoms with van der Waals surface area (Å²) in [6, 6.07) is 15.8. The Bertz CT molecular complexity index is 657. The van der Waals surface area contributed by atoms with Gasteiger partial charge in [-0.05, 0) is 37.5 Å². The Balaban J connectivity index is 2.26. The molecule has 0 radical (unpaired) electrons. The van der Waals surface area contributed by atoms with E-state index < -0.39 is 0 Å². The maximum absolute atomic E-state index is 12.6. The molecule has 0 aliphatic rings. The number of rotatable bonds is 4. The van der Waals surface area contributed by atoms with Crippen LogP contribution in [0.5, 0.6) is 0 Å². The van der Waals surface area contributed by atoms with Gasteiger partial charge in [-0.1, -0.05) is 61.0 Å². The molecule has 0 fully saturated rings. The van der Waals surface area contributed by atoms with Gasteiger partial charge in [0.1, 0.15) is 0 Å². The van der Waals surface area contributed by atoms with Crippen molar-refractivity contribution in [3.05, 3.63) is 71.3 Å². The summed E-state index contributed by atoms with van der Waals surface area (Å²) < 4.78 is 0. The van der Waals surface area contributed by atoms with Gasteiger partial charge in [-0.15, -0.1) is 0 Å². The van der Waals surface area contributed by atoms with E-state index in [2.05, 4.69) is 11.4 Å². The number of hydrogen-bond donors (Lipinski definition) is 1. The van der Waals surface area contributed by atoms with Gasteiger partial charge >= 0.3 is 0 Å². The maximum Gasteiger partial charge on any atom is 0.255 e. The number of nitrogens with one attached hydrogen (secondary N) is 1. The number of carbonyl (C=O) groups is 1. The number of allylic oxidation sites excluding steroid dienone is 1. The normalized spacial score (nSPS) is 11.3. The quantitative estimate of drug-likeness (QED) is 0.805. The number of aryl methyl sites for hydroxylation is 2. The zero-order valence-corrected chi connectivity index (χ0v) is 12.8. The largest absolute Gasteiger partial charge is 0.322 e. The minimum atomic E-state index is -0.0602. The predicted molar refractivity (Wildman–Crippen MR) is 89.3 cm³/mol. The highest BCUT2D eigenvalue weighted by atomic mass is 16.1. The Morgan fingerprint density at radius 3 is 2.43 bits per heavy atom. The van der Waals surface area contributed by atoms with Crippen molar-refractivity contribution in [3.8, 4) is 0 Å². The summed E-state index contributed by atoms with van der Waals surface area (Å²) in [5, 5.41) is 3.01. The van der Waals surface area contributed by atoms with Crippen LogP contribution in [-0.4, -0.2) is 5.91 Å². The van der Waals surface area contributed by atoms with Crippen molar-refractivity contribution in [2.45, 2.75) is 27.2 Å². The van der Waals surface area contributed by atoms with Crippen LogP contribution in [-0.2, 0) is 4.79 Å². The summed E-state index contributed by atoms with van der Waals surface area (Å²) in [5.41, 5.74) is 4.80. The summed E-state index contributed by atoms with van der Waals surface area (Å²) in [7, 11) is 0. The Hall–Kier alpha value is -2.35. The van der Waals surface area contributed by atoms with E-state index in [0.29, 0.717) is 0 Å². The molecule has 1 N–H and O–H groups in total. The van der Waals surface area contributed by atoms with Crippen molar-refractivity contribution in [3.63, 3.8) is 0 Å². The molecule has 2 nitrogen and oxygen atoms in total. The fourth-order valence-electron chi connectivity index (χ4n) is 2.31. The molecule has 1 amide bonds. The maximum atomic E-state index is 12.6. The molecular formula is C19H21NO. The predicted octanol–water partition coefficient (Wildman–Crippen LogP) is 4.74. The standard InChI is InChI=1S/C19H21NO/c1-4-8-17(16-9-6-5-7-10-16)19(21)20-18-12-11-14(2)13-15(18)3/h5-13H,4H2,1-3H3,(H,20,21)/b17-8+. The Morgan fingerprint density at radius 1 is 1.10 bits per heavy atom. The lowest BCUT2D eigenvalue weighted by Crippen LogP contribution is -2.14. The van der Waals surface area contributed by atoms with Crippen LogP contribution in [0.15, 0.2) is 54.6 Å². The summed E-state index contributed by atoms with van der Waals surface area (Å²) in [4.78, 5) is 12.6. The Morgan fingerprint density at radius 2 is 1.81 bits per heavy atom. The summed E-state index contributed by atoms with van der Waals surface area (Å²) in [5.74, 6) is -0.0602. The molecule has 0 saturated carbocycles. The summed E-state index contributed by atoms with van der Waals surface area (Å²) in [6.45, 7) is 6.09. The number of carbonyl (C=O) groups excluding carboxylic acids is 1. The SMILES string of the molecule is CC/C=C(/C(=O)Nc1ccc(C)cc1C)c1ccccc1. The molecule has 2 aromatic carbocycles. The molecule has 108 valence electrons. The fraction of sp³-hybridized carbons (Fsp3) is 0.211. The van der Waals surface area contributed by atoms with Gasteiger partial charge in [0.05, 0.1) is 0 Å². The van der Waals surface area contributed by atoms with Crippen LogP contribution in [0.25, 0.3) is 5.57 Å². The average Bonchev–Trinajstić information content (AvgIpc) is 2.48.